The number of para-hydroxylation sites is 3. The molecule has 0 unspecified atom stereocenters. The maximum atomic E-state index is 13.4. The third-order valence-electron chi connectivity index (χ3n) is 5.60. The second kappa shape index (κ2) is 11.6. The summed E-state index contributed by atoms with van der Waals surface area (Å²) in [5.74, 6) is -0.502. The predicted octanol–water partition coefficient (Wildman–Crippen LogP) is 5.94. The van der Waals surface area contributed by atoms with Gasteiger partial charge in [-0.2, -0.15) is 0 Å². The fourth-order valence-electron chi connectivity index (χ4n) is 3.56. The van der Waals surface area contributed by atoms with Gasteiger partial charge in [-0.15, -0.1) is 0 Å². The van der Waals surface area contributed by atoms with E-state index in [1.807, 2.05) is 80.6 Å². The van der Waals surface area contributed by atoms with Crippen LogP contribution in [0, 0.1) is 13.8 Å². The van der Waals surface area contributed by atoms with Crippen LogP contribution in [0.15, 0.2) is 103 Å². The number of aromatic nitrogens is 1. The summed E-state index contributed by atoms with van der Waals surface area (Å²) < 4.78 is 5.99. The van der Waals surface area contributed by atoms with Crippen molar-refractivity contribution in [3.8, 4) is 5.75 Å². The summed E-state index contributed by atoms with van der Waals surface area (Å²) >= 11 is 0. The van der Waals surface area contributed by atoms with Crippen LogP contribution in [0.1, 0.15) is 22.4 Å². The normalized spacial score (nSPS) is 10.3. The Balaban J connectivity index is 1.66. The summed E-state index contributed by atoms with van der Waals surface area (Å²) in [7, 11) is 0. The molecule has 1 heterocycles. The zero-order valence-electron chi connectivity index (χ0n) is 20.2. The standard InChI is InChI=1S/C30H27N3O3/c1-21-11-3-6-15-26(21)32-29(34)25(30(35)33-27-16-7-4-12-22(27)2)19-23-13-5-8-17-28(23)36-20-24-14-9-10-18-31-24/h3-19H,20H2,1-2H3,(H,32,34)(H,33,35). The molecule has 0 saturated heterocycles. The quantitative estimate of drug-likeness (QED) is 0.187. The van der Waals surface area contributed by atoms with Gasteiger partial charge in [0, 0.05) is 23.1 Å². The van der Waals surface area contributed by atoms with Gasteiger partial charge in [-0.05, 0) is 61.4 Å². The molecule has 2 N–H and O–H groups in total. The Kier molecular flexibility index (Phi) is 7.88. The number of ether oxygens (including phenoxy) is 1. The molecule has 0 atom stereocenters. The van der Waals surface area contributed by atoms with E-state index in [0.717, 1.165) is 16.8 Å². The van der Waals surface area contributed by atoms with Crippen LogP contribution >= 0.6 is 0 Å². The van der Waals surface area contributed by atoms with Crippen LogP contribution in [0.4, 0.5) is 11.4 Å². The van der Waals surface area contributed by atoms with Crippen molar-refractivity contribution in [3.05, 3.63) is 125 Å². The van der Waals surface area contributed by atoms with Gasteiger partial charge in [-0.3, -0.25) is 14.6 Å². The van der Waals surface area contributed by atoms with Crippen molar-refractivity contribution in [1.29, 1.82) is 0 Å². The lowest BCUT2D eigenvalue weighted by Gasteiger charge is -2.14. The molecule has 0 aliphatic heterocycles. The van der Waals surface area contributed by atoms with Crippen LogP contribution in [-0.4, -0.2) is 16.8 Å². The molecule has 0 aliphatic carbocycles. The molecule has 36 heavy (non-hydrogen) atoms. The van der Waals surface area contributed by atoms with E-state index in [1.54, 1.807) is 36.5 Å². The molecule has 6 nitrogen and oxygen atoms in total. The second-order valence-corrected chi connectivity index (χ2v) is 8.24. The molecule has 0 bridgehead atoms. The van der Waals surface area contributed by atoms with Gasteiger partial charge < -0.3 is 15.4 Å². The highest BCUT2D eigenvalue weighted by Crippen LogP contribution is 2.24. The number of hydrogen-bond acceptors (Lipinski definition) is 4. The van der Waals surface area contributed by atoms with Gasteiger partial charge in [0.25, 0.3) is 11.8 Å². The summed E-state index contributed by atoms with van der Waals surface area (Å²) in [6.45, 7) is 4.05. The Hall–Kier alpha value is -4.71. The summed E-state index contributed by atoms with van der Waals surface area (Å²) in [4.78, 5) is 31.1. The van der Waals surface area contributed by atoms with Crippen LogP contribution in [0.2, 0.25) is 0 Å². The van der Waals surface area contributed by atoms with Crippen LogP contribution < -0.4 is 15.4 Å². The first kappa shape index (κ1) is 24.4. The average molecular weight is 478 g/mol. The van der Waals surface area contributed by atoms with Crippen molar-refractivity contribution in [2.45, 2.75) is 20.5 Å². The number of anilines is 2. The maximum Gasteiger partial charge on any atom is 0.261 e. The Morgan fingerprint density at radius 3 is 1.89 bits per heavy atom. The summed E-state index contributed by atoms with van der Waals surface area (Å²) in [6.07, 6.45) is 3.25. The van der Waals surface area contributed by atoms with E-state index in [0.29, 0.717) is 22.7 Å². The van der Waals surface area contributed by atoms with Gasteiger partial charge in [0.2, 0.25) is 0 Å². The molecule has 0 saturated carbocycles. The van der Waals surface area contributed by atoms with Gasteiger partial charge >= 0.3 is 0 Å². The number of amides is 2. The number of pyridine rings is 1. The van der Waals surface area contributed by atoms with Crippen molar-refractivity contribution in [1.82, 2.24) is 4.98 Å². The van der Waals surface area contributed by atoms with Crippen molar-refractivity contribution in [3.63, 3.8) is 0 Å². The largest absolute Gasteiger partial charge is 0.487 e. The zero-order chi connectivity index (χ0) is 25.3. The number of rotatable bonds is 8. The Bertz CT molecular complexity index is 1340. The minimum atomic E-state index is -0.519. The van der Waals surface area contributed by atoms with Gasteiger partial charge in [0.1, 0.15) is 17.9 Å². The third kappa shape index (κ3) is 6.24. The Labute approximate surface area is 210 Å². The van der Waals surface area contributed by atoms with Gasteiger partial charge in [0.15, 0.2) is 0 Å². The molecule has 0 fully saturated rings. The summed E-state index contributed by atoms with van der Waals surface area (Å²) in [5, 5.41) is 5.74. The lowest BCUT2D eigenvalue weighted by molar-refractivity contribution is -0.118. The predicted molar refractivity (Wildman–Crippen MR) is 143 cm³/mol. The number of nitrogens with zero attached hydrogens (tertiary/aromatic N) is 1. The van der Waals surface area contributed by atoms with Crippen LogP contribution in [0.3, 0.4) is 0 Å². The fourth-order valence-corrected chi connectivity index (χ4v) is 3.56. The number of carbonyl (C=O) groups is 2. The number of carbonyl (C=O) groups excluding carboxylic acids is 2. The van der Waals surface area contributed by atoms with E-state index in [1.165, 1.54) is 0 Å². The smallest absolute Gasteiger partial charge is 0.261 e. The fraction of sp³-hybridized carbons (Fsp3) is 0.100. The first-order valence-corrected chi connectivity index (χ1v) is 11.6. The number of aryl methyl sites for hydroxylation is 2. The number of hydrogen-bond donors (Lipinski definition) is 2. The number of nitrogens with one attached hydrogen (secondary N) is 2. The summed E-state index contributed by atoms with van der Waals surface area (Å²) in [6, 6.07) is 27.7. The minimum Gasteiger partial charge on any atom is -0.487 e. The minimum absolute atomic E-state index is 0.0459. The molecular weight excluding hydrogens is 450 g/mol. The van der Waals surface area contributed by atoms with E-state index < -0.39 is 11.8 Å². The lowest BCUT2D eigenvalue weighted by Crippen LogP contribution is -2.26. The van der Waals surface area contributed by atoms with Crippen molar-refractivity contribution in [2.75, 3.05) is 10.6 Å². The molecule has 2 amide bonds. The highest BCUT2D eigenvalue weighted by atomic mass is 16.5. The molecular formula is C30H27N3O3. The molecule has 3 aromatic carbocycles. The van der Waals surface area contributed by atoms with Crippen molar-refractivity contribution < 1.29 is 14.3 Å². The van der Waals surface area contributed by atoms with Crippen molar-refractivity contribution in [2.24, 2.45) is 0 Å². The third-order valence-corrected chi connectivity index (χ3v) is 5.60. The van der Waals surface area contributed by atoms with Crippen LogP contribution in [-0.2, 0) is 16.2 Å². The molecule has 6 heteroatoms. The monoisotopic (exact) mass is 477 g/mol. The molecule has 4 aromatic rings. The zero-order valence-corrected chi connectivity index (χ0v) is 20.2. The second-order valence-electron chi connectivity index (χ2n) is 8.24. The first-order valence-electron chi connectivity index (χ1n) is 11.6. The maximum absolute atomic E-state index is 13.4. The molecule has 1 aromatic heterocycles. The van der Waals surface area contributed by atoms with Crippen LogP contribution in [0.5, 0.6) is 5.75 Å². The van der Waals surface area contributed by atoms with Crippen LogP contribution in [0.25, 0.3) is 6.08 Å². The van der Waals surface area contributed by atoms with E-state index >= 15 is 0 Å². The highest BCUT2D eigenvalue weighted by Gasteiger charge is 2.21. The molecule has 0 radical (unpaired) electrons. The molecule has 4 rings (SSSR count). The number of benzene rings is 3. The molecule has 180 valence electrons. The van der Waals surface area contributed by atoms with Gasteiger partial charge in [-0.25, -0.2) is 0 Å². The highest BCUT2D eigenvalue weighted by molar-refractivity contribution is 6.29. The topological polar surface area (TPSA) is 80.3 Å². The van der Waals surface area contributed by atoms with Gasteiger partial charge in [-0.1, -0.05) is 60.7 Å². The van der Waals surface area contributed by atoms with Crippen molar-refractivity contribution >= 4 is 29.3 Å². The lowest BCUT2D eigenvalue weighted by atomic mass is 10.1. The summed E-state index contributed by atoms with van der Waals surface area (Å²) in [5.41, 5.74) is 4.38. The van der Waals surface area contributed by atoms with E-state index in [4.69, 9.17) is 4.74 Å². The first-order chi connectivity index (χ1) is 17.5. The molecule has 0 aliphatic rings. The Morgan fingerprint density at radius 2 is 1.31 bits per heavy atom. The Morgan fingerprint density at radius 1 is 0.750 bits per heavy atom. The van der Waals surface area contributed by atoms with Gasteiger partial charge in [0.05, 0.1) is 5.69 Å². The van der Waals surface area contributed by atoms with E-state index in [-0.39, 0.29) is 12.2 Å². The molecule has 0 spiro atoms. The SMILES string of the molecule is Cc1ccccc1NC(=O)C(=Cc1ccccc1OCc1ccccn1)C(=O)Nc1ccccc1C. The van der Waals surface area contributed by atoms with E-state index in [9.17, 15) is 9.59 Å². The van der Waals surface area contributed by atoms with E-state index in [2.05, 4.69) is 15.6 Å². The average Bonchev–Trinajstić information content (AvgIpc) is 2.89.